The molecule has 0 fully saturated rings. The fraction of sp³-hybridized carbons (Fsp3) is 0.318. The quantitative estimate of drug-likeness (QED) is 0.0609. The van der Waals surface area contributed by atoms with Crippen molar-refractivity contribution in [1.82, 2.24) is 0 Å². The zero-order valence-electron chi connectivity index (χ0n) is 29.8. The van der Waals surface area contributed by atoms with E-state index < -0.39 is 0 Å². The van der Waals surface area contributed by atoms with Crippen LogP contribution in [0.25, 0.3) is 45.8 Å². The number of rotatable bonds is 16. The van der Waals surface area contributed by atoms with Gasteiger partial charge < -0.3 is 19.3 Å². The molecule has 0 saturated heterocycles. The summed E-state index contributed by atoms with van der Waals surface area (Å²) in [5, 5.41) is 4.38. The number of unbranched alkanes of at least 4 members (excludes halogenated alkanes) is 4. The summed E-state index contributed by atoms with van der Waals surface area (Å²) < 4.78 is 13.4. The second-order valence-electron chi connectivity index (χ2n) is 13.0. The van der Waals surface area contributed by atoms with Gasteiger partial charge in [-0.15, -0.1) is 0 Å². The van der Waals surface area contributed by atoms with Gasteiger partial charge in [-0.3, -0.25) is 0 Å². The predicted octanol–water partition coefficient (Wildman–Crippen LogP) is 11.6. The molecule has 0 amide bonds. The van der Waals surface area contributed by atoms with Crippen LogP contribution < -0.4 is 19.3 Å². The lowest BCUT2D eigenvalue weighted by Crippen LogP contribution is -2.07. The van der Waals surface area contributed by atoms with E-state index in [1.807, 2.05) is 0 Å². The first kappa shape index (κ1) is 34.6. The number of nitrogens with zero attached hydrogens (tertiary/aromatic N) is 2. The predicted molar refractivity (Wildman–Crippen MR) is 211 cm³/mol. The lowest BCUT2D eigenvalue weighted by molar-refractivity contribution is 0.308. The summed E-state index contributed by atoms with van der Waals surface area (Å²) in [4.78, 5) is 4.24. The minimum absolute atomic E-state index is 0.686. The van der Waals surface area contributed by atoms with Crippen LogP contribution in [0.3, 0.4) is 0 Å². The van der Waals surface area contributed by atoms with Crippen molar-refractivity contribution in [2.24, 2.45) is 0 Å². The first-order valence-electron chi connectivity index (χ1n) is 17.6. The maximum atomic E-state index is 6.73. The highest BCUT2D eigenvalue weighted by Gasteiger charge is 2.17. The molecule has 0 spiro atoms. The van der Waals surface area contributed by atoms with Crippen LogP contribution >= 0.6 is 0 Å². The largest absolute Gasteiger partial charge is 0.492 e. The average Bonchev–Trinajstić information content (AvgIpc) is 3.10. The Bertz CT molecular complexity index is 1710. The molecule has 0 unspecified atom stereocenters. The van der Waals surface area contributed by atoms with Crippen LogP contribution in [-0.4, -0.2) is 41.4 Å². The van der Waals surface area contributed by atoms with E-state index in [9.17, 15) is 0 Å². The van der Waals surface area contributed by atoms with Crippen molar-refractivity contribution in [2.75, 3.05) is 51.2 Å². The molecule has 0 aromatic heterocycles. The van der Waals surface area contributed by atoms with Gasteiger partial charge in [-0.25, -0.2) is 0 Å². The zero-order chi connectivity index (χ0) is 33.9. The summed E-state index contributed by atoms with van der Waals surface area (Å²) in [7, 11) is 8.26. The van der Waals surface area contributed by atoms with E-state index in [0.29, 0.717) is 13.2 Å². The SMILES string of the molecule is CCCCCOc1c2ccc(C=Cc3ccc(N(C)C)cc3)cc2c(OCCCCC)c2cc(C=Cc3ccc(N(C)C)cc3)ccc12. The first-order valence-corrected chi connectivity index (χ1v) is 17.6. The van der Waals surface area contributed by atoms with E-state index in [1.165, 1.54) is 22.5 Å². The van der Waals surface area contributed by atoms with Gasteiger partial charge in [-0.05, 0) is 83.6 Å². The van der Waals surface area contributed by atoms with Gasteiger partial charge >= 0.3 is 0 Å². The second kappa shape index (κ2) is 16.9. The maximum Gasteiger partial charge on any atom is 0.135 e. The van der Waals surface area contributed by atoms with Crippen molar-refractivity contribution >= 4 is 57.2 Å². The molecule has 0 aliphatic heterocycles. The number of benzene rings is 5. The van der Waals surface area contributed by atoms with Gasteiger partial charge in [-0.2, -0.15) is 0 Å². The molecule has 5 aromatic rings. The Morgan fingerprint density at radius 1 is 0.438 bits per heavy atom. The number of fused-ring (bicyclic) bond motifs is 2. The molecule has 0 saturated carbocycles. The summed E-state index contributed by atoms with van der Waals surface area (Å²) in [6.45, 7) is 5.84. The van der Waals surface area contributed by atoms with E-state index in [4.69, 9.17) is 9.47 Å². The van der Waals surface area contributed by atoms with Crippen molar-refractivity contribution in [3.63, 3.8) is 0 Å². The van der Waals surface area contributed by atoms with Gasteiger partial charge in [0.2, 0.25) is 0 Å². The van der Waals surface area contributed by atoms with Crippen LogP contribution in [0.4, 0.5) is 11.4 Å². The Hall–Kier alpha value is -4.70. The fourth-order valence-electron chi connectivity index (χ4n) is 5.91. The van der Waals surface area contributed by atoms with Crippen LogP contribution in [0.2, 0.25) is 0 Å². The molecule has 0 N–H and O–H groups in total. The van der Waals surface area contributed by atoms with Crippen LogP contribution in [-0.2, 0) is 0 Å². The smallest absolute Gasteiger partial charge is 0.135 e. The molecule has 0 aliphatic rings. The van der Waals surface area contributed by atoms with Gasteiger partial charge in [0.1, 0.15) is 11.5 Å². The van der Waals surface area contributed by atoms with Crippen molar-refractivity contribution in [1.29, 1.82) is 0 Å². The van der Waals surface area contributed by atoms with E-state index in [1.54, 1.807) is 0 Å². The Morgan fingerprint density at radius 3 is 1.17 bits per heavy atom. The Labute approximate surface area is 288 Å². The summed E-state index contributed by atoms with van der Waals surface area (Å²) >= 11 is 0. The topological polar surface area (TPSA) is 24.9 Å². The Morgan fingerprint density at radius 2 is 0.792 bits per heavy atom. The van der Waals surface area contributed by atoms with E-state index >= 15 is 0 Å². The van der Waals surface area contributed by atoms with Gasteiger partial charge in [0.05, 0.1) is 13.2 Å². The maximum absolute atomic E-state index is 6.73. The molecule has 0 radical (unpaired) electrons. The summed E-state index contributed by atoms with van der Waals surface area (Å²) in [5.41, 5.74) is 6.98. The summed E-state index contributed by atoms with van der Waals surface area (Å²) in [5.74, 6) is 1.88. The van der Waals surface area contributed by atoms with Crippen molar-refractivity contribution in [3.8, 4) is 11.5 Å². The summed E-state index contributed by atoms with van der Waals surface area (Å²) in [6.07, 6.45) is 15.4. The minimum Gasteiger partial charge on any atom is -0.492 e. The Balaban J connectivity index is 1.59. The summed E-state index contributed by atoms with van der Waals surface area (Å²) in [6, 6.07) is 30.6. The standard InChI is InChI=1S/C44H52N2O2/c1-7-9-11-29-47-43-39-27-21-35(15-13-33-17-23-37(24-18-33)45(3)4)31-41(39)44(48-30-12-10-8-2)42-32-36(22-28-40(42)43)16-14-34-19-25-38(26-20-34)46(5)6/h13-28,31-32H,7-12,29-30H2,1-6H3. The molecule has 0 atom stereocenters. The van der Waals surface area contributed by atoms with Gasteiger partial charge in [-0.1, -0.05) is 100 Å². The second-order valence-corrected chi connectivity index (χ2v) is 13.0. The molecule has 4 nitrogen and oxygen atoms in total. The van der Waals surface area contributed by atoms with Crippen LogP contribution in [0.1, 0.15) is 74.6 Å². The lowest BCUT2D eigenvalue weighted by Gasteiger charge is -2.19. The number of hydrogen-bond acceptors (Lipinski definition) is 4. The van der Waals surface area contributed by atoms with Gasteiger partial charge in [0.15, 0.2) is 0 Å². The van der Waals surface area contributed by atoms with Crippen LogP contribution in [0.15, 0.2) is 84.9 Å². The molecular formula is C44H52N2O2. The van der Waals surface area contributed by atoms with E-state index in [0.717, 1.165) is 82.7 Å². The van der Waals surface area contributed by atoms with E-state index in [2.05, 4.69) is 161 Å². The number of anilines is 2. The molecule has 250 valence electrons. The molecule has 4 heteroatoms. The van der Waals surface area contributed by atoms with Crippen molar-refractivity contribution in [2.45, 2.75) is 52.4 Å². The zero-order valence-corrected chi connectivity index (χ0v) is 29.8. The Kier molecular flexibility index (Phi) is 12.2. The molecule has 0 bridgehead atoms. The highest BCUT2D eigenvalue weighted by molar-refractivity contribution is 6.12. The van der Waals surface area contributed by atoms with Crippen molar-refractivity contribution < 1.29 is 9.47 Å². The first-order chi connectivity index (χ1) is 23.4. The third kappa shape index (κ3) is 8.80. The highest BCUT2D eigenvalue weighted by Crippen LogP contribution is 2.44. The molecule has 5 rings (SSSR count). The lowest BCUT2D eigenvalue weighted by atomic mass is 9.96. The normalized spacial score (nSPS) is 11.6. The third-order valence-electron chi connectivity index (χ3n) is 8.81. The molecule has 5 aromatic carbocycles. The number of hydrogen-bond donors (Lipinski definition) is 0. The van der Waals surface area contributed by atoms with E-state index in [-0.39, 0.29) is 0 Å². The monoisotopic (exact) mass is 640 g/mol. The number of ether oxygens (including phenoxy) is 2. The van der Waals surface area contributed by atoms with Crippen LogP contribution in [0, 0.1) is 0 Å². The van der Waals surface area contributed by atoms with Gasteiger partial charge in [0, 0.05) is 61.1 Å². The third-order valence-corrected chi connectivity index (χ3v) is 8.81. The molecule has 0 aliphatic carbocycles. The average molecular weight is 641 g/mol. The molecular weight excluding hydrogens is 588 g/mol. The molecule has 48 heavy (non-hydrogen) atoms. The highest BCUT2D eigenvalue weighted by atomic mass is 16.5. The minimum atomic E-state index is 0.686. The molecule has 0 heterocycles. The van der Waals surface area contributed by atoms with Crippen LogP contribution in [0.5, 0.6) is 11.5 Å². The van der Waals surface area contributed by atoms with Gasteiger partial charge in [0.25, 0.3) is 0 Å². The van der Waals surface area contributed by atoms with Crippen molar-refractivity contribution in [3.05, 3.63) is 107 Å². The fourth-order valence-corrected chi connectivity index (χ4v) is 5.91.